The van der Waals surface area contributed by atoms with E-state index >= 15 is 0 Å². The summed E-state index contributed by atoms with van der Waals surface area (Å²) in [5.41, 5.74) is -4.48. The molecule has 0 spiro atoms. The number of nitrogens with zero attached hydrogens (tertiary/aromatic N) is 1. The minimum atomic E-state index is -5.70. The molecule has 5 nitrogen and oxygen atoms in total. The molecule has 30 heavy (non-hydrogen) atoms. The van der Waals surface area contributed by atoms with Crippen molar-refractivity contribution in [2.75, 3.05) is 11.9 Å². The smallest absolute Gasteiger partial charge is 0.321 e. The van der Waals surface area contributed by atoms with Crippen LogP contribution in [0.4, 0.5) is 36.4 Å². The van der Waals surface area contributed by atoms with Crippen LogP contribution in [0.5, 0.6) is 0 Å². The van der Waals surface area contributed by atoms with Crippen molar-refractivity contribution in [3.8, 4) is 0 Å². The number of hydrogen-bond acceptors (Lipinski definition) is 3. The van der Waals surface area contributed by atoms with Crippen LogP contribution in [0.15, 0.2) is 0 Å². The molecular formula is C18H15F7N2O3. The molecule has 0 unspecified atom stereocenters. The van der Waals surface area contributed by atoms with Crippen molar-refractivity contribution in [2.24, 2.45) is 11.8 Å². The molecule has 2 atom stereocenters. The number of anilines is 1. The van der Waals surface area contributed by atoms with Crippen LogP contribution in [-0.4, -0.2) is 29.2 Å². The molecule has 1 heterocycles. The highest BCUT2D eigenvalue weighted by atomic mass is 19.4. The first-order valence-corrected chi connectivity index (χ1v) is 9.03. The van der Waals surface area contributed by atoms with Gasteiger partial charge in [0.15, 0.2) is 23.3 Å². The van der Waals surface area contributed by atoms with Gasteiger partial charge in [-0.15, -0.1) is 0 Å². The highest BCUT2D eigenvalue weighted by Gasteiger charge is 2.48. The molecule has 0 radical (unpaired) electrons. The van der Waals surface area contributed by atoms with Crippen molar-refractivity contribution < 1.29 is 45.1 Å². The standard InChI is InChI=1S/C18H15F7N2O3/c19-11-10(18(23,24)25)12(20)14(22)15(13(11)21)26-9(28)5-6-27-16(29)7-3-1-2-4-8(7)17(27)30/h7-8H,1-6H2,(H,26,28)/t7-,8-/m0/s1. The summed E-state index contributed by atoms with van der Waals surface area (Å²) in [7, 11) is 0. The lowest BCUT2D eigenvalue weighted by molar-refractivity contribution is -0.143. The first kappa shape index (κ1) is 22.0. The van der Waals surface area contributed by atoms with Crippen LogP contribution in [0.2, 0.25) is 0 Å². The van der Waals surface area contributed by atoms with Crippen LogP contribution in [0, 0.1) is 35.1 Å². The van der Waals surface area contributed by atoms with Gasteiger partial charge in [-0.1, -0.05) is 12.8 Å². The molecular weight excluding hydrogens is 425 g/mol. The van der Waals surface area contributed by atoms with Crippen LogP contribution in [-0.2, 0) is 20.6 Å². The summed E-state index contributed by atoms with van der Waals surface area (Å²) in [4.78, 5) is 37.4. The van der Waals surface area contributed by atoms with Gasteiger partial charge in [-0.2, -0.15) is 13.2 Å². The van der Waals surface area contributed by atoms with E-state index in [0.717, 1.165) is 17.7 Å². The lowest BCUT2D eigenvalue weighted by Gasteiger charge is -2.19. The van der Waals surface area contributed by atoms with E-state index in [1.165, 1.54) is 5.32 Å². The third-order valence-corrected chi connectivity index (χ3v) is 5.31. The number of rotatable bonds is 4. The number of nitrogens with one attached hydrogen (secondary N) is 1. The van der Waals surface area contributed by atoms with Gasteiger partial charge in [-0.05, 0) is 12.8 Å². The van der Waals surface area contributed by atoms with Gasteiger partial charge in [-0.25, -0.2) is 17.6 Å². The predicted molar refractivity (Wildman–Crippen MR) is 86.7 cm³/mol. The molecule has 1 saturated carbocycles. The molecule has 2 aliphatic rings. The summed E-state index contributed by atoms with van der Waals surface area (Å²) >= 11 is 0. The second-order valence-electron chi connectivity index (χ2n) is 7.13. The molecule has 164 valence electrons. The molecule has 1 aromatic rings. The quantitative estimate of drug-likeness (QED) is 0.441. The molecule has 1 saturated heterocycles. The molecule has 1 N–H and O–H groups in total. The van der Waals surface area contributed by atoms with E-state index in [-0.39, 0.29) is 0 Å². The fourth-order valence-electron chi connectivity index (χ4n) is 3.86. The zero-order valence-corrected chi connectivity index (χ0v) is 15.2. The molecule has 3 amide bonds. The third-order valence-electron chi connectivity index (χ3n) is 5.31. The van der Waals surface area contributed by atoms with Gasteiger partial charge in [0.2, 0.25) is 17.7 Å². The van der Waals surface area contributed by atoms with Gasteiger partial charge in [0, 0.05) is 13.0 Å². The first-order chi connectivity index (χ1) is 13.9. The van der Waals surface area contributed by atoms with Gasteiger partial charge >= 0.3 is 6.18 Å². The van der Waals surface area contributed by atoms with Gasteiger partial charge in [0.05, 0.1) is 11.8 Å². The van der Waals surface area contributed by atoms with Crippen LogP contribution in [0.1, 0.15) is 37.7 Å². The Kier molecular flexibility index (Phi) is 5.79. The zero-order valence-electron chi connectivity index (χ0n) is 15.2. The van der Waals surface area contributed by atoms with Crippen LogP contribution >= 0.6 is 0 Å². The number of carbonyl (C=O) groups is 3. The number of benzene rings is 1. The number of likely N-dealkylation sites (tertiary alicyclic amines) is 1. The molecule has 1 aliphatic heterocycles. The summed E-state index contributed by atoms with van der Waals surface area (Å²) < 4.78 is 92.7. The maximum atomic E-state index is 13.8. The minimum absolute atomic E-state index is 0.439. The highest BCUT2D eigenvalue weighted by molar-refractivity contribution is 6.05. The summed E-state index contributed by atoms with van der Waals surface area (Å²) in [5, 5.41) is 1.47. The van der Waals surface area contributed by atoms with E-state index < -0.39 is 83.2 Å². The topological polar surface area (TPSA) is 66.5 Å². The van der Waals surface area contributed by atoms with Crippen LogP contribution in [0.3, 0.4) is 0 Å². The Morgan fingerprint density at radius 2 is 1.37 bits per heavy atom. The van der Waals surface area contributed by atoms with E-state index in [1.807, 2.05) is 0 Å². The fraction of sp³-hybridized carbons (Fsp3) is 0.500. The Labute approximate surface area is 165 Å². The first-order valence-electron chi connectivity index (χ1n) is 9.03. The van der Waals surface area contributed by atoms with Gasteiger partial charge in [0.1, 0.15) is 11.3 Å². The lowest BCUT2D eigenvalue weighted by atomic mass is 9.81. The van der Waals surface area contributed by atoms with Crippen molar-refractivity contribution >= 4 is 23.4 Å². The van der Waals surface area contributed by atoms with Crippen molar-refractivity contribution in [3.05, 3.63) is 28.8 Å². The van der Waals surface area contributed by atoms with E-state index in [4.69, 9.17) is 0 Å². The number of hydrogen-bond donors (Lipinski definition) is 1. The third kappa shape index (κ3) is 3.74. The highest BCUT2D eigenvalue weighted by Crippen LogP contribution is 2.39. The van der Waals surface area contributed by atoms with Crippen molar-refractivity contribution in [3.63, 3.8) is 0 Å². The number of alkyl halides is 3. The normalized spacial score (nSPS) is 21.8. The molecule has 12 heteroatoms. The van der Waals surface area contributed by atoms with Crippen molar-refractivity contribution in [2.45, 2.75) is 38.3 Å². The molecule has 3 rings (SSSR count). The van der Waals surface area contributed by atoms with Crippen molar-refractivity contribution in [1.82, 2.24) is 4.90 Å². The van der Waals surface area contributed by atoms with Gasteiger partial charge < -0.3 is 5.32 Å². The van der Waals surface area contributed by atoms with Crippen molar-refractivity contribution in [1.29, 1.82) is 0 Å². The lowest BCUT2D eigenvalue weighted by Crippen LogP contribution is -2.34. The minimum Gasteiger partial charge on any atom is -0.321 e. The maximum Gasteiger partial charge on any atom is 0.422 e. The van der Waals surface area contributed by atoms with E-state index in [1.54, 1.807) is 0 Å². The summed E-state index contributed by atoms with van der Waals surface area (Å²) in [6.07, 6.45) is -3.77. The van der Waals surface area contributed by atoms with Gasteiger partial charge in [0.25, 0.3) is 0 Å². The van der Waals surface area contributed by atoms with Crippen LogP contribution in [0.25, 0.3) is 0 Å². The molecule has 0 aromatic heterocycles. The largest absolute Gasteiger partial charge is 0.422 e. The second-order valence-corrected chi connectivity index (χ2v) is 7.13. The number of halogens is 7. The molecule has 0 bridgehead atoms. The summed E-state index contributed by atoms with van der Waals surface area (Å²) in [6.45, 7) is -0.439. The Morgan fingerprint density at radius 3 is 1.80 bits per heavy atom. The molecule has 1 aliphatic carbocycles. The van der Waals surface area contributed by atoms with E-state index in [9.17, 15) is 45.1 Å². The Balaban J connectivity index is 1.73. The Bertz CT molecular complexity index is 863. The average molecular weight is 440 g/mol. The molecule has 1 aromatic carbocycles. The van der Waals surface area contributed by atoms with Crippen LogP contribution < -0.4 is 5.32 Å². The Hall–Kier alpha value is -2.66. The monoisotopic (exact) mass is 440 g/mol. The van der Waals surface area contributed by atoms with E-state index in [2.05, 4.69) is 0 Å². The second kappa shape index (κ2) is 7.88. The fourth-order valence-corrected chi connectivity index (χ4v) is 3.86. The maximum absolute atomic E-state index is 13.8. The SMILES string of the molecule is O=C(CCN1C(=O)[C@H]2CCCC[C@@H]2C1=O)Nc1c(F)c(F)c(C(F)(F)F)c(F)c1F. The number of amides is 3. The van der Waals surface area contributed by atoms with E-state index in [0.29, 0.717) is 12.8 Å². The average Bonchev–Trinajstić information content (AvgIpc) is 2.92. The number of imide groups is 1. The predicted octanol–water partition coefficient (Wildman–Crippen LogP) is 3.77. The molecule has 2 fully saturated rings. The summed E-state index contributed by atoms with van der Waals surface area (Å²) in [5.74, 6) is -13.4. The number of fused-ring (bicyclic) bond motifs is 1. The summed E-state index contributed by atoms with van der Waals surface area (Å²) in [6, 6.07) is 0. The number of carbonyl (C=O) groups excluding carboxylic acids is 3. The van der Waals surface area contributed by atoms with Gasteiger partial charge in [-0.3, -0.25) is 19.3 Å². The zero-order chi connectivity index (χ0) is 22.4. The Morgan fingerprint density at radius 1 is 0.900 bits per heavy atom.